The predicted molar refractivity (Wildman–Crippen MR) is 77.3 cm³/mol. The van der Waals surface area contributed by atoms with E-state index in [2.05, 4.69) is 4.98 Å². The molecule has 2 heterocycles. The zero-order valence-electron chi connectivity index (χ0n) is 11.3. The number of hydrogen-bond acceptors (Lipinski definition) is 3. The molecule has 1 aliphatic heterocycles. The van der Waals surface area contributed by atoms with Crippen molar-refractivity contribution in [2.24, 2.45) is 0 Å². The molecule has 0 bridgehead atoms. The number of hydrogen-bond donors (Lipinski definition) is 1. The molecule has 0 saturated heterocycles. The third kappa shape index (κ3) is 2.38. The van der Waals surface area contributed by atoms with Gasteiger partial charge in [0.15, 0.2) is 0 Å². The Kier molecular flexibility index (Phi) is 3.39. The van der Waals surface area contributed by atoms with E-state index in [1.807, 2.05) is 6.07 Å². The van der Waals surface area contributed by atoms with Crippen molar-refractivity contribution in [2.75, 3.05) is 11.4 Å². The number of benzene rings is 1. The number of anilines is 1. The minimum absolute atomic E-state index is 0.131. The number of fused-ring (bicyclic) bond motifs is 1. The van der Waals surface area contributed by atoms with Gasteiger partial charge < -0.3 is 10.0 Å². The van der Waals surface area contributed by atoms with Crippen LogP contribution in [0.5, 0.6) is 0 Å². The Morgan fingerprint density at radius 3 is 2.57 bits per heavy atom. The van der Waals surface area contributed by atoms with Crippen molar-refractivity contribution in [3.63, 3.8) is 0 Å². The molecule has 1 N–H and O–H groups in total. The summed E-state index contributed by atoms with van der Waals surface area (Å²) in [6, 6.07) is 10.5. The number of amides is 1. The number of carboxylic acids is 1. The number of carbonyl (C=O) groups excluding carboxylic acids is 1. The van der Waals surface area contributed by atoms with Crippen LogP contribution in [0.3, 0.4) is 0 Å². The van der Waals surface area contributed by atoms with E-state index in [0.717, 1.165) is 0 Å². The molecule has 0 fully saturated rings. The van der Waals surface area contributed by atoms with Crippen LogP contribution >= 0.6 is 0 Å². The molecule has 1 amide bonds. The molecular formula is C16H14N2O3. The third-order valence-corrected chi connectivity index (χ3v) is 3.71. The summed E-state index contributed by atoms with van der Waals surface area (Å²) >= 11 is 0. The average Bonchev–Trinajstić information content (AvgIpc) is 2.54. The fourth-order valence-electron chi connectivity index (χ4n) is 2.68. The highest BCUT2D eigenvalue weighted by molar-refractivity contribution is 6.07. The van der Waals surface area contributed by atoms with E-state index in [1.54, 1.807) is 47.6 Å². The summed E-state index contributed by atoms with van der Waals surface area (Å²) in [5.74, 6) is -1.53. The van der Waals surface area contributed by atoms with Crippen LogP contribution in [0.4, 0.5) is 5.69 Å². The number of carbonyl (C=O) groups is 2. The molecule has 1 aliphatic rings. The number of aromatic nitrogens is 1. The largest absolute Gasteiger partial charge is 0.481 e. The number of nitrogens with zero attached hydrogens (tertiary/aromatic N) is 2. The van der Waals surface area contributed by atoms with Crippen LogP contribution in [0.1, 0.15) is 28.3 Å². The van der Waals surface area contributed by atoms with Gasteiger partial charge in [0, 0.05) is 30.2 Å². The standard InChI is InChI=1S/C16H14N2O3/c19-15(11-5-8-17-9-6-11)18-10-7-13(16(20)21)12-3-1-2-4-14(12)18/h1-6,8-9,13H,7,10H2,(H,20,21). The molecule has 1 atom stereocenters. The van der Waals surface area contributed by atoms with E-state index in [-0.39, 0.29) is 5.91 Å². The highest BCUT2D eigenvalue weighted by Gasteiger charge is 2.32. The van der Waals surface area contributed by atoms with Crippen LogP contribution in [0, 0.1) is 0 Å². The minimum atomic E-state index is -0.849. The van der Waals surface area contributed by atoms with Gasteiger partial charge in [-0.1, -0.05) is 18.2 Å². The maximum Gasteiger partial charge on any atom is 0.311 e. The first-order valence-corrected chi connectivity index (χ1v) is 6.72. The van der Waals surface area contributed by atoms with Gasteiger partial charge in [-0.2, -0.15) is 0 Å². The highest BCUT2D eigenvalue weighted by atomic mass is 16.4. The van der Waals surface area contributed by atoms with Crippen molar-refractivity contribution in [1.82, 2.24) is 4.98 Å². The van der Waals surface area contributed by atoms with Crippen LogP contribution in [0.2, 0.25) is 0 Å². The fraction of sp³-hybridized carbons (Fsp3) is 0.188. The van der Waals surface area contributed by atoms with Crippen molar-refractivity contribution in [2.45, 2.75) is 12.3 Å². The first kappa shape index (κ1) is 13.3. The number of rotatable bonds is 2. The molecule has 21 heavy (non-hydrogen) atoms. The topological polar surface area (TPSA) is 70.5 Å². The van der Waals surface area contributed by atoms with Crippen LogP contribution < -0.4 is 4.90 Å². The number of pyridine rings is 1. The number of carboxylic acid groups (broad SMARTS) is 1. The lowest BCUT2D eigenvalue weighted by atomic mass is 9.89. The quantitative estimate of drug-likeness (QED) is 0.917. The first-order chi connectivity index (χ1) is 10.2. The fourth-order valence-corrected chi connectivity index (χ4v) is 2.68. The molecule has 5 nitrogen and oxygen atoms in total. The minimum Gasteiger partial charge on any atom is -0.481 e. The van der Waals surface area contributed by atoms with Crippen molar-refractivity contribution in [1.29, 1.82) is 0 Å². The Bertz CT molecular complexity index is 685. The molecule has 2 aromatic rings. The summed E-state index contributed by atoms with van der Waals surface area (Å²) in [7, 11) is 0. The number of para-hydroxylation sites is 1. The van der Waals surface area contributed by atoms with Crippen molar-refractivity contribution < 1.29 is 14.7 Å². The zero-order chi connectivity index (χ0) is 14.8. The maximum atomic E-state index is 12.6. The van der Waals surface area contributed by atoms with E-state index in [0.29, 0.717) is 29.8 Å². The van der Waals surface area contributed by atoms with Gasteiger partial charge in [0.25, 0.3) is 5.91 Å². The lowest BCUT2D eigenvalue weighted by molar-refractivity contribution is -0.139. The van der Waals surface area contributed by atoms with Gasteiger partial charge in [-0.05, 0) is 30.2 Å². The molecule has 1 aromatic heterocycles. The van der Waals surface area contributed by atoms with E-state index < -0.39 is 11.9 Å². The van der Waals surface area contributed by atoms with Gasteiger partial charge in [-0.15, -0.1) is 0 Å². The Labute approximate surface area is 121 Å². The van der Waals surface area contributed by atoms with E-state index in [4.69, 9.17) is 0 Å². The molecule has 0 spiro atoms. The predicted octanol–water partition coefficient (Wildman–Crippen LogP) is 2.30. The smallest absolute Gasteiger partial charge is 0.311 e. The average molecular weight is 282 g/mol. The van der Waals surface area contributed by atoms with Gasteiger partial charge in [-0.25, -0.2) is 0 Å². The lowest BCUT2D eigenvalue weighted by Crippen LogP contribution is -2.38. The second-order valence-corrected chi connectivity index (χ2v) is 4.93. The Morgan fingerprint density at radius 2 is 1.86 bits per heavy atom. The van der Waals surface area contributed by atoms with Crippen molar-refractivity contribution >= 4 is 17.6 Å². The zero-order valence-corrected chi connectivity index (χ0v) is 11.3. The van der Waals surface area contributed by atoms with Gasteiger partial charge in [0.05, 0.1) is 5.92 Å². The molecule has 106 valence electrons. The highest BCUT2D eigenvalue weighted by Crippen LogP contribution is 2.35. The number of aliphatic carboxylic acids is 1. The molecular weight excluding hydrogens is 268 g/mol. The second-order valence-electron chi connectivity index (χ2n) is 4.93. The monoisotopic (exact) mass is 282 g/mol. The molecule has 1 aromatic carbocycles. The molecule has 0 aliphatic carbocycles. The molecule has 5 heteroatoms. The molecule has 1 unspecified atom stereocenters. The summed E-state index contributed by atoms with van der Waals surface area (Å²) in [4.78, 5) is 29.5. The second kappa shape index (κ2) is 5.36. The van der Waals surface area contributed by atoms with Crippen LogP contribution in [0.25, 0.3) is 0 Å². The molecule has 3 rings (SSSR count). The Morgan fingerprint density at radius 1 is 1.14 bits per heavy atom. The molecule has 0 saturated carbocycles. The lowest BCUT2D eigenvalue weighted by Gasteiger charge is -2.32. The summed E-state index contributed by atoms with van der Waals surface area (Å²) in [6.07, 6.45) is 3.56. The van der Waals surface area contributed by atoms with Crippen molar-refractivity contribution in [3.05, 3.63) is 59.9 Å². The maximum absolute atomic E-state index is 12.6. The summed E-state index contributed by atoms with van der Waals surface area (Å²) < 4.78 is 0. The Balaban J connectivity index is 2.00. The van der Waals surface area contributed by atoms with E-state index in [9.17, 15) is 14.7 Å². The van der Waals surface area contributed by atoms with Gasteiger partial charge in [0.2, 0.25) is 0 Å². The molecule has 0 radical (unpaired) electrons. The summed E-state index contributed by atoms with van der Waals surface area (Å²) in [6.45, 7) is 0.398. The van der Waals surface area contributed by atoms with Gasteiger partial charge >= 0.3 is 5.97 Å². The summed E-state index contributed by atoms with van der Waals surface area (Å²) in [5, 5.41) is 9.32. The summed E-state index contributed by atoms with van der Waals surface area (Å²) in [5.41, 5.74) is 1.92. The van der Waals surface area contributed by atoms with Gasteiger partial charge in [0.1, 0.15) is 0 Å². The van der Waals surface area contributed by atoms with Crippen LogP contribution in [-0.2, 0) is 4.79 Å². The Hall–Kier alpha value is -2.69. The SMILES string of the molecule is O=C(O)C1CCN(C(=O)c2ccncc2)c2ccccc21. The van der Waals surface area contributed by atoms with Crippen LogP contribution in [0.15, 0.2) is 48.8 Å². The van der Waals surface area contributed by atoms with Crippen molar-refractivity contribution in [3.8, 4) is 0 Å². The normalized spacial score (nSPS) is 17.1. The van der Waals surface area contributed by atoms with E-state index >= 15 is 0 Å². The van der Waals surface area contributed by atoms with E-state index in [1.165, 1.54) is 0 Å². The first-order valence-electron chi connectivity index (χ1n) is 6.72. The van der Waals surface area contributed by atoms with Gasteiger partial charge in [-0.3, -0.25) is 14.6 Å². The van der Waals surface area contributed by atoms with Crippen LogP contribution in [-0.4, -0.2) is 28.5 Å². The third-order valence-electron chi connectivity index (χ3n) is 3.71.